The minimum atomic E-state index is -0.604. The number of tetrazole rings is 1. The number of pyridine rings is 1. The van der Waals surface area contributed by atoms with Gasteiger partial charge >= 0.3 is 12.1 Å². The van der Waals surface area contributed by atoms with Crippen LogP contribution < -0.4 is 10.1 Å². The van der Waals surface area contributed by atoms with E-state index >= 15 is 0 Å². The lowest BCUT2D eigenvalue weighted by atomic mass is 10.2. The number of amides is 1. The summed E-state index contributed by atoms with van der Waals surface area (Å²) in [6.07, 6.45) is -0.579. The summed E-state index contributed by atoms with van der Waals surface area (Å²) in [6, 6.07) is 11.2. The lowest BCUT2D eigenvalue weighted by Crippen LogP contribution is -2.27. The van der Waals surface area contributed by atoms with Gasteiger partial charge in [-0.1, -0.05) is 17.2 Å². The van der Waals surface area contributed by atoms with Crippen molar-refractivity contribution >= 4 is 38.9 Å². The molecule has 0 atom stereocenters. The van der Waals surface area contributed by atoms with Gasteiger partial charge in [0.15, 0.2) is 0 Å². The molecule has 1 N–H and O–H groups in total. The largest absolute Gasteiger partial charge is 0.458 e. The van der Waals surface area contributed by atoms with Gasteiger partial charge in [-0.2, -0.15) is 4.98 Å². The Balaban J connectivity index is 1.58. The summed E-state index contributed by atoms with van der Waals surface area (Å²) in [6.45, 7) is 5.49. The predicted octanol–water partition coefficient (Wildman–Crippen LogP) is 3.63. The van der Waals surface area contributed by atoms with Crippen molar-refractivity contribution in [1.82, 2.24) is 34.7 Å². The van der Waals surface area contributed by atoms with Crippen molar-refractivity contribution in [2.24, 2.45) is 7.05 Å². The lowest BCUT2D eigenvalue weighted by molar-refractivity contribution is 0.0635. The summed E-state index contributed by atoms with van der Waals surface area (Å²) < 4.78 is 15.3. The Kier molecular flexibility index (Phi) is 5.78. The van der Waals surface area contributed by atoms with Crippen LogP contribution in [0, 0.1) is 0 Å². The van der Waals surface area contributed by atoms with Crippen molar-refractivity contribution < 1.29 is 14.3 Å². The van der Waals surface area contributed by atoms with Gasteiger partial charge in [0.05, 0.1) is 11.2 Å². The van der Waals surface area contributed by atoms with Crippen LogP contribution in [0.4, 0.5) is 10.6 Å². The zero-order valence-electron chi connectivity index (χ0n) is 17.9. The van der Waals surface area contributed by atoms with Crippen molar-refractivity contribution in [3.63, 3.8) is 0 Å². The fourth-order valence-electron chi connectivity index (χ4n) is 2.92. The maximum atomic E-state index is 12.0. The van der Waals surface area contributed by atoms with Crippen molar-refractivity contribution in [1.29, 1.82) is 0 Å². The molecule has 0 aliphatic rings. The summed E-state index contributed by atoms with van der Waals surface area (Å²) in [5, 5.41) is 14.3. The van der Waals surface area contributed by atoms with Gasteiger partial charge in [0.2, 0.25) is 0 Å². The molecule has 0 radical (unpaired) electrons. The Bertz CT molecular complexity index is 1280. The molecule has 0 saturated heterocycles. The number of benzene rings is 1. The molecule has 0 unspecified atom stereocenters. The molecule has 0 aliphatic heterocycles. The molecular weight excluding hydrogens is 480 g/mol. The molecule has 3 heterocycles. The molecule has 4 rings (SSSR count). The summed E-state index contributed by atoms with van der Waals surface area (Å²) >= 11 is 3.52. The fraction of sp³-hybridized carbons (Fsp3) is 0.300. The lowest BCUT2D eigenvalue weighted by Gasteiger charge is -2.19. The number of carbonyl (C=O) groups is 1. The van der Waals surface area contributed by atoms with Crippen molar-refractivity contribution in [3.8, 4) is 12.0 Å². The van der Waals surface area contributed by atoms with Crippen LogP contribution >= 0.6 is 15.9 Å². The van der Waals surface area contributed by atoms with E-state index in [1.165, 1.54) is 4.68 Å². The SMILES string of the molecule is Cn1nnnc1-n1c(OCc2cccc(NC(=O)OC(C)(C)C)n2)nc2c(Br)cccc21. The van der Waals surface area contributed by atoms with Crippen molar-refractivity contribution in [2.45, 2.75) is 33.0 Å². The number of rotatable bonds is 5. The molecule has 32 heavy (non-hydrogen) atoms. The van der Waals surface area contributed by atoms with E-state index in [9.17, 15) is 4.79 Å². The molecule has 4 aromatic rings. The number of carbonyl (C=O) groups excluding carboxylic acids is 1. The molecule has 3 aromatic heterocycles. The molecule has 0 fully saturated rings. The van der Waals surface area contributed by atoms with E-state index in [2.05, 4.69) is 46.7 Å². The zero-order valence-corrected chi connectivity index (χ0v) is 19.5. The zero-order chi connectivity index (χ0) is 22.9. The van der Waals surface area contributed by atoms with E-state index < -0.39 is 11.7 Å². The van der Waals surface area contributed by atoms with E-state index in [-0.39, 0.29) is 6.61 Å². The maximum Gasteiger partial charge on any atom is 0.413 e. The number of imidazole rings is 1. The summed E-state index contributed by atoms with van der Waals surface area (Å²) in [5.74, 6) is 0.808. The number of nitrogens with one attached hydrogen (secondary N) is 1. The Morgan fingerprint density at radius 1 is 1.16 bits per heavy atom. The van der Waals surface area contributed by atoms with Gasteiger partial charge in [0.1, 0.15) is 23.5 Å². The number of nitrogens with zero attached hydrogens (tertiary/aromatic N) is 7. The predicted molar refractivity (Wildman–Crippen MR) is 120 cm³/mol. The highest BCUT2D eigenvalue weighted by molar-refractivity contribution is 9.10. The van der Waals surface area contributed by atoms with Gasteiger partial charge in [-0.3, -0.25) is 5.32 Å². The molecule has 11 nitrogen and oxygen atoms in total. The number of aromatic nitrogens is 7. The second kappa shape index (κ2) is 8.54. The molecule has 166 valence electrons. The quantitative estimate of drug-likeness (QED) is 0.440. The number of hydrogen-bond acceptors (Lipinski definition) is 8. The number of ether oxygens (including phenoxy) is 2. The first-order valence-corrected chi connectivity index (χ1v) is 10.5. The molecule has 1 aromatic carbocycles. The summed E-state index contributed by atoms with van der Waals surface area (Å²) in [4.78, 5) is 21.0. The van der Waals surface area contributed by atoms with Crippen LogP contribution in [0.25, 0.3) is 17.0 Å². The first-order chi connectivity index (χ1) is 15.2. The fourth-order valence-corrected chi connectivity index (χ4v) is 3.37. The van der Waals surface area contributed by atoms with Crippen LogP contribution in [0.2, 0.25) is 0 Å². The number of fused-ring (bicyclic) bond motifs is 1. The second-order valence-corrected chi connectivity index (χ2v) is 8.72. The van der Waals surface area contributed by atoms with Crippen LogP contribution in [0.3, 0.4) is 0 Å². The number of aryl methyl sites for hydroxylation is 1. The van der Waals surface area contributed by atoms with E-state index in [0.29, 0.717) is 29.0 Å². The van der Waals surface area contributed by atoms with Gasteiger partial charge in [-0.25, -0.2) is 19.0 Å². The molecule has 0 aliphatic carbocycles. The minimum Gasteiger partial charge on any atom is -0.458 e. The first-order valence-electron chi connectivity index (χ1n) is 9.70. The highest BCUT2D eigenvalue weighted by Crippen LogP contribution is 2.30. The maximum absolute atomic E-state index is 12.0. The third-order valence-electron chi connectivity index (χ3n) is 4.19. The molecule has 12 heteroatoms. The van der Waals surface area contributed by atoms with Crippen LogP contribution in [-0.4, -0.2) is 46.4 Å². The van der Waals surface area contributed by atoms with Crippen LogP contribution in [0.15, 0.2) is 40.9 Å². The van der Waals surface area contributed by atoms with E-state index in [0.717, 1.165) is 9.99 Å². The third-order valence-corrected chi connectivity index (χ3v) is 4.83. The Morgan fingerprint density at radius 2 is 1.94 bits per heavy atom. The number of halogens is 1. The highest BCUT2D eigenvalue weighted by Gasteiger charge is 2.20. The topological polar surface area (TPSA) is 122 Å². The monoisotopic (exact) mass is 500 g/mol. The van der Waals surface area contributed by atoms with Gasteiger partial charge in [-0.15, -0.1) is 0 Å². The highest BCUT2D eigenvalue weighted by atomic mass is 79.9. The first kappa shape index (κ1) is 21.7. The number of anilines is 1. The third kappa shape index (κ3) is 4.69. The Labute approximate surface area is 191 Å². The Morgan fingerprint density at radius 3 is 2.66 bits per heavy atom. The van der Waals surface area contributed by atoms with Gasteiger partial charge in [0, 0.05) is 11.5 Å². The van der Waals surface area contributed by atoms with Crippen LogP contribution in [0.5, 0.6) is 6.01 Å². The van der Waals surface area contributed by atoms with Gasteiger partial charge in [0.25, 0.3) is 5.95 Å². The average molecular weight is 501 g/mol. The molecule has 0 saturated carbocycles. The van der Waals surface area contributed by atoms with E-state index in [4.69, 9.17) is 9.47 Å². The smallest absolute Gasteiger partial charge is 0.413 e. The van der Waals surface area contributed by atoms with Crippen molar-refractivity contribution in [3.05, 3.63) is 46.6 Å². The molecule has 1 amide bonds. The van der Waals surface area contributed by atoms with Crippen LogP contribution in [0.1, 0.15) is 26.5 Å². The average Bonchev–Trinajstić information content (AvgIpc) is 3.28. The van der Waals surface area contributed by atoms with Crippen LogP contribution in [-0.2, 0) is 18.4 Å². The number of para-hydroxylation sites is 1. The Hall–Kier alpha value is -3.54. The summed E-state index contributed by atoms with van der Waals surface area (Å²) in [5.41, 5.74) is 1.47. The summed E-state index contributed by atoms with van der Waals surface area (Å²) in [7, 11) is 1.73. The standard InChI is InChI=1S/C20H21BrN8O3/c1-20(2,3)32-19(30)23-15-10-5-7-12(22-15)11-31-18-24-16-13(21)8-6-9-14(16)29(18)17-25-26-27-28(17)4/h5-10H,11H2,1-4H3,(H,22,23,30). The second-order valence-electron chi connectivity index (χ2n) is 7.87. The molecule has 0 bridgehead atoms. The normalized spacial score (nSPS) is 11.5. The van der Waals surface area contributed by atoms with E-state index in [1.54, 1.807) is 50.6 Å². The van der Waals surface area contributed by atoms with Gasteiger partial charge in [-0.05, 0) is 71.4 Å². The van der Waals surface area contributed by atoms with Gasteiger partial charge < -0.3 is 9.47 Å². The van der Waals surface area contributed by atoms with Crippen molar-refractivity contribution in [2.75, 3.05) is 5.32 Å². The minimum absolute atomic E-state index is 0.107. The van der Waals surface area contributed by atoms with E-state index in [1.807, 2.05) is 18.2 Å². The number of hydrogen-bond donors (Lipinski definition) is 1. The molecule has 0 spiro atoms. The molecular formula is C20H21BrN8O3.